The van der Waals surface area contributed by atoms with Crippen molar-refractivity contribution in [2.75, 3.05) is 0 Å². The number of aromatic nitrogens is 4. The molecule has 0 bridgehead atoms. The lowest BCUT2D eigenvalue weighted by molar-refractivity contribution is 1.07. The number of hydrogen-bond donors (Lipinski definition) is 0. The molecule has 0 N–H and O–H groups in total. The van der Waals surface area contributed by atoms with Crippen molar-refractivity contribution in [3.8, 4) is 73.2 Å². The summed E-state index contributed by atoms with van der Waals surface area (Å²) in [5.74, 6) is 1.86. The second-order valence-corrected chi connectivity index (χ2v) is 16.7. The first-order valence-corrected chi connectivity index (χ1v) is 21.7. The number of thiophene rings is 1. The molecule has 0 saturated heterocycles. The fraction of sp³-hybridized carbons (Fsp3) is 0. The molecule has 3 aromatic heterocycles. The Labute approximate surface area is 362 Å². The van der Waals surface area contributed by atoms with Gasteiger partial charge in [-0.2, -0.15) is 0 Å². The van der Waals surface area contributed by atoms with Gasteiger partial charge in [0.05, 0.1) is 15.7 Å². The molecule has 0 atom stereocenters. The van der Waals surface area contributed by atoms with Crippen LogP contribution in [0.4, 0.5) is 0 Å². The molecule has 62 heavy (non-hydrogen) atoms. The van der Waals surface area contributed by atoms with E-state index in [2.05, 4.69) is 187 Å². The predicted octanol–water partition coefficient (Wildman–Crippen LogP) is 15.3. The smallest absolute Gasteiger partial charge is 0.164 e. The fourth-order valence-corrected chi connectivity index (χ4v) is 10.1. The average molecular weight is 809 g/mol. The van der Waals surface area contributed by atoms with Gasteiger partial charge in [0, 0.05) is 48.6 Å². The Morgan fingerprint density at radius 1 is 0.306 bits per heavy atom. The van der Waals surface area contributed by atoms with Gasteiger partial charge >= 0.3 is 0 Å². The first-order chi connectivity index (χ1) is 30.7. The zero-order chi connectivity index (χ0) is 41.0. The number of fused-ring (bicyclic) bond motifs is 7. The first-order valence-electron chi connectivity index (χ1n) is 20.8. The lowest BCUT2D eigenvalue weighted by Gasteiger charge is -2.16. The number of benzene rings is 9. The molecule has 0 saturated carbocycles. The van der Waals surface area contributed by atoms with Gasteiger partial charge in [0.25, 0.3) is 0 Å². The molecule has 0 aliphatic carbocycles. The summed E-state index contributed by atoms with van der Waals surface area (Å²) >= 11 is 1.86. The molecular formula is C57H36N4S. The number of hydrogen-bond acceptors (Lipinski definition) is 4. The van der Waals surface area contributed by atoms with Crippen molar-refractivity contribution in [3.63, 3.8) is 0 Å². The summed E-state index contributed by atoms with van der Waals surface area (Å²) in [5, 5.41) is 4.98. The number of para-hydroxylation sites is 1. The Kier molecular flexibility index (Phi) is 8.65. The van der Waals surface area contributed by atoms with E-state index >= 15 is 0 Å². The molecule has 0 spiro atoms. The van der Waals surface area contributed by atoms with Crippen molar-refractivity contribution in [1.82, 2.24) is 19.5 Å². The van der Waals surface area contributed by atoms with Gasteiger partial charge in [0.2, 0.25) is 0 Å². The molecule has 0 amide bonds. The molecule has 0 fully saturated rings. The Morgan fingerprint density at radius 2 is 0.726 bits per heavy atom. The van der Waals surface area contributed by atoms with Crippen molar-refractivity contribution in [3.05, 3.63) is 218 Å². The third-order valence-electron chi connectivity index (χ3n) is 11.8. The Balaban J connectivity index is 1.18. The van der Waals surface area contributed by atoms with Crippen LogP contribution in [0, 0.1) is 0 Å². The van der Waals surface area contributed by atoms with Crippen LogP contribution in [-0.2, 0) is 0 Å². The van der Waals surface area contributed by atoms with Gasteiger partial charge in [-0.05, 0) is 81.9 Å². The normalized spacial score (nSPS) is 11.5. The van der Waals surface area contributed by atoms with Gasteiger partial charge in [-0.3, -0.25) is 0 Å². The minimum absolute atomic E-state index is 0.607. The van der Waals surface area contributed by atoms with Crippen molar-refractivity contribution >= 4 is 53.3 Å². The predicted molar refractivity (Wildman–Crippen MR) is 260 cm³/mol. The summed E-state index contributed by atoms with van der Waals surface area (Å²) in [6, 6.07) is 77.6. The van der Waals surface area contributed by atoms with Crippen LogP contribution in [0.25, 0.3) is 115 Å². The summed E-state index contributed by atoms with van der Waals surface area (Å²) in [6.07, 6.45) is 0. The maximum absolute atomic E-state index is 5.26. The highest BCUT2D eigenvalue weighted by Crippen LogP contribution is 2.44. The lowest BCUT2D eigenvalue weighted by Crippen LogP contribution is -2.02. The quantitative estimate of drug-likeness (QED) is 0.161. The molecule has 4 nitrogen and oxygen atoms in total. The Bertz CT molecular complexity index is 3350. The van der Waals surface area contributed by atoms with Crippen LogP contribution < -0.4 is 0 Å². The Morgan fingerprint density at radius 3 is 1.32 bits per heavy atom. The first kappa shape index (κ1) is 35.9. The minimum atomic E-state index is 0.607. The molecular weight excluding hydrogens is 773 g/mol. The minimum Gasteiger partial charge on any atom is -0.308 e. The molecule has 12 aromatic rings. The lowest BCUT2D eigenvalue weighted by atomic mass is 9.92. The molecule has 3 heterocycles. The van der Waals surface area contributed by atoms with E-state index < -0.39 is 0 Å². The maximum atomic E-state index is 5.26. The Hall–Kier alpha value is -7.99. The maximum Gasteiger partial charge on any atom is 0.164 e. The number of nitrogens with zero attached hydrogens (tertiary/aromatic N) is 4. The largest absolute Gasteiger partial charge is 0.308 e. The zero-order valence-corrected chi connectivity index (χ0v) is 34.3. The highest BCUT2D eigenvalue weighted by atomic mass is 32.1. The van der Waals surface area contributed by atoms with E-state index in [1.54, 1.807) is 0 Å². The van der Waals surface area contributed by atoms with E-state index in [1.807, 2.05) is 47.7 Å². The van der Waals surface area contributed by atoms with Crippen molar-refractivity contribution in [2.45, 2.75) is 0 Å². The van der Waals surface area contributed by atoms with E-state index in [0.717, 1.165) is 61.3 Å². The van der Waals surface area contributed by atoms with Gasteiger partial charge in [-0.15, -0.1) is 11.3 Å². The summed E-state index contributed by atoms with van der Waals surface area (Å²) in [4.78, 5) is 15.6. The third-order valence-corrected chi connectivity index (χ3v) is 13.0. The van der Waals surface area contributed by atoms with Gasteiger partial charge < -0.3 is 4.57 Å². The second kappa shape index (κ2) is 14.9. The van der Waals surface area contributed by atoms with E-state index in [9.17, 15) is 0 Å². The van der Waals surface area contributed by atoms with Crippen LogP contribution in [0.1, 0.15) is 0 Å². The van der Waals surface area contributed by atoms with Crippen LogP contribution in [0.3, 0.4) is 0 Å². The van der Waals surface area contributed by atoms with Gasteiger partial charge in [0.15, 0.2) is 17.5 Å². The molecule has 0 aliphatic heterocycles. The van der Waals surface area contributed by atoms with E-state index in [-0.39, 0.29) is 0 Å². The van der Waals surface area contributed by atoms with Crippen molar-refractivity contribution in [1.29, 1.82) is 0 Å². The summed E-state index contributed by atoms with van der Waals surface area (Å²) in [7, 11) is 0. The summed E-state index contributed by atoms with van der Waals surface area (Å²) in [6.45, 7) is 0. The molecule has 5 heteroatoms. The molecule has 0 aliphatic rings. The van der Waals surface area contributed by atoms with Gasteiger partial charge in [-0.1, -0.05) is 170 Å². The highest BCUT2D eigenvalue weighted by molar-refractivity contribution is 7.26. The molecule has 12 rings (SSSR count). The molecule has 9 aromatic carbocycles. The topological polar surface area (TPSA) is 43.6 Å². The fourth-order valence-electron chi connectivity index (χ4n) is 8.86. The monoisotopic (exact) mass is 808 g/mol. The second-order valence-electron chi connectivity index (χ2n) is 15.6. The summed E-state index contributed by atoms with van der Waals surface area (Å²) in [5.41, 5.74) is 12.9. The summed E-state index contributed by atoms with van der Waals surface area (Å²) < 4.78 is 5.01. The van der Waals surface area contributed by atoms with E-state index in [4.69, 9.17) is 15.0 Å². The molecule has 0 radical (unpaired) electrons. The van der Waals surface area contributed by atoms with Crippen LogP contribution in [-0.4, -0.2) is 19.5 Å². The SMILES string of the molecule is c1ccc(-c2cc(-c3ccccc3)cc(-c3cc(-c4nc(-c5ccccc5)nc(-c5ccccc5)n4)cc(-n4c5ccccc5c5ccc6c7ccccc7sc6c54)c3)c2)cc1. The van der Waals surface area contributed by atoms with Crippen LogP contribution in [0.2, 0.25) is 0 Å². The average Bonchev–Trinajstić information content (AvgIpc) is 3.91. The number of rotatable bonds is 7. The van der Waals surface area contributed by atoms with E-state index in [0.29, 0.717) is 17.5 Å². The van der Waals surface area contributed by atoms with Crippen LogP contribution >= 0.6 is 11.3 Å². The van der Waals surface area contributed by atoms with Crippen LogP contribution in [0.5, 0.6) is 0 Å². The third kappa shape index (κ3) is 6.26. The standard InChI is InChI=1S/C57H36N4S/c1-5-17-37(18-6-1)41-31-42(38-19-7-2-8-20-38)33-43(32-41)44-34-45(57-59-55(39-21-9-3-10-22-39)58-56(60-57)40-23-11-4-12-24-40)36-46(35-44)61-51-27-15-13-25-47(51)49-29-30-50-48-26-14-16-28-52(48)62-54(50)53(49)61/h1-36H. The molecule has 0 unspecified atom stereocenters. The van der Waals surface area contributed by atoms with Crippen molar-refractivity contribution in [2.24, 2.45) is 0 Å². The van der Waals surface area contributed by atoms with Crippen molar-refractivity contribution < 1.29 is 0 Å². The van der Waals surface area contributed by atoms with Gasteiger partial charge in [0.1, 0.15) is 0 Å². The molecule has 290 valence electrons. The highest BCUT2D eigenvalue weighted by Gasteiger charge is 2.21. The van der Waals surface area contributed by atoms with Crippen LogP contribution in [0.15, 0.2) is 218 Å². The zero-order valence-electron chi connectivity index (χ0n) is 33.5. The van der Waals surface area contributed by atoms with E-state index in [1.165, 1.54) is 36.5 Å². The van der Waals surface area contributed by atoms with Gasteiger partial charge in [-0.25, -0.2) is 15.0 Å².